The Morgan fingerprint density at radius 2 is 1.40 bits per heavy atom. The maximum absolute atomic E-state index is 13.2. The Labute approximate surface area is 246 Å². The van der Waals surface area contributed by atoms with Crippen molar-refractivity contribution in [3.05, 3.63) is 123 Å². The molecule has 0 unspecified atom stereocenters. The summed E-state index contributed by atoms with van der Waals surface area (Å²) in [7, 11) is -3.80. The molecule has 2 aromatic heterocycles. The number of benzene rings is 3. The van der Waals surface area contributed by atoms with Crippen LogP contribution in [0.3, 0.4) is 0 Å². The van der Waals surface area contributed by atoms with Gasteiger partial charge in [0.05, 0.1) is 26.1 Å². The summed E-state index contributed by atoms with van der Waals surface area (Å²) in [4.78, 5) is 28.4. The van der Waals surface area contributed by atoms with Crippen molar-refractivity contribution in [1.82, 2.24) is 18.6 Å². The standard InChI is InChI=1S/C30H26N6O6S/c37-35(38)25-10-12-27(13-11-25)43(41,42)33-17-15-32(16-18-33)21-28-30(22-5-2-1-3-6-22)31-29-14-9-24(20-34(28)29)23-7-4-8-26(19-23)36(39)40/h1-14,19-20H,15-18,21H2. The third-order valence-electron chi connectivity index (χ3n) is 7.54. The number of aromatic nitrogens is 2. The lowest BCUT2D eigenvalue weighted by molar-refractivity contribution is -0.385. The fourth-order valence-electron chi connectivity index (χ4n) is 5.27. The summed E-state index contributed by atoms with van der Waals surface area (Å²) in [5.74, 6) is 0. The van der Waals surface area contributed by atoms with Crippen LogP contribution in [-0.2, 0) is 16.6 Å². The van der Waals surface area contributed by atoms with E-state index in [1.54, 1.807) is 12.1 Å². The molecule has 1 saturated heterocycles. The third kappa shape index (κ3) is 5.60. The number of non-ortho nitro benzene ring substituents is 2. The zero-order valence-corrected chi connectivity index (χ0v) is 23.6. The van der Waals surface area contributed by atoms with Gasteiger partial charge in [-0.25, -0.2) is 13.4 Å². The van der Waals surface area contributed by atoms with E-state index in [1.165, 1.54) is 34.6 Å². The highest BCUT2D eigenvalue weighted by Crippen LogP contribution is 2.30. The van der Waals surface area contributed by atoms with Crippen molar-refractivity contribution in [1.29, 1.82) is 0 Å². The first-order valence-electron chi connectivity index (χ1n) is 13.5. The van der Waals surface area contributed by atoms with Crippen LogP contribution in [0.4, 0.5) is 11.4 Å². The SMILES string of the molecule is O=[N+]([O-])c1ccc(S(=O)(=O)N2CCN(Cc3c(-c4ccccc4)nc4ccc(-c5cccc([N+](=O)[O-])c5)cn34)CC2)cc1. The van der Waals surface area contributed by atoms with Crippen molar-refractivity contribution in [2.45, 2.75) is 11.4 Å². The highest BCUT2D eigenvalue weighted by molar-refractivity contribution is 7.89. The minimum atomic E-state index is -3.80. The monoisotopic (exact) mass is 598 g/mol. The smallest absolute Gasteiger partial charge is 0.270 e. The van der Waals surface area contributed by atoms with E-state index in [-0.39, 0.29) is 29.4 Å². The normalized spacial score (nSPS) is 14.6. The number of nitrogens with zero attached hydrogens (tertiary/aromatic N) is 6. The quantitative estimate of drug-likeness (QED) is 0.179. The summed E-state index contributed by atoms with van der Waals surface area (Å²) >= 11 is 0. The van der Waals surface area contributed by atoms with Gasteiger partial charge in [0, 0.05) is 68.7 Å². The second kappa shape index (κ2) is 11.4. The van der Waals surface area contributed by atoms with Crippen LogP contribution in [0, 0.1) is 20.2 Å². The van der Waals surface area contributed by atoms with Gasteiger partial charge in [0.1, 0.15) is 5.65 Å². The van der Waals surface area contributed by atoms with E-state index < -0.39 is 19.9 Å². The van der Waals surface area contributed by atoms with Crippen molar-refractivity contribution in [3.8, 4) is 22.4 Å². The molecule has 1 aliphatic rings. The number of rotatable bonds is 8. The molecule has 12 nitrogen and oxygen atoms in total. The minimum Gasteiger partial charge on any atom is -0.301 e. The molecule has 0 radical (unpaired) electrons. The topological polar surface area (TPSA) is 144 Å². The molecule has 3 aromatic carbocycles. The Kier molecular flexibility index (Phi) is 7.44. The van der Waals surface area contributed by atoms with Gasteiger partial charge in [-0.1, -0.05) is 42.5 Å². The number of hydrogen-bond donors (Lipinski definition) is 0. The lowest BCUT2D eigenvalue weighted by Crippen LogP contribution is -2.48. The summed E-state index contributed by atoms with van der Waals surface area (Å²) in [5.41, 5.74) is 4.74. The number of piperazine rings is 1. The van der Waals surface area contributed by atoms with Crippen LogP contribution in [0.2, 0.25) is 0 Å². The third-order valence-corrected chi connectivity index (χ3v) is 9.46. The second-order valence-corrected chi connectivity index (χ2v) is 12.1. The van der Waals surface area contributed by atoms with Crippen LogP contribution in [0.5, 0.6) is 0 Å². The maximum atomic E-state index is 13.2. The molecule has 1 fully saturated rings. The van der Waals surface area contributed by atoms with Crippen LogP contribution >= 0.6 is 0 Å². The zero-order valence-electron chi connectivity index (χ0n) is 22.8. The van der Waals surface area contributed by atoms with E-state index in [4.69, 9.17) is 4.98 Å². The van der Waals surface area contributed by atoms with E-state index in [2.05, 4.69) is 4.90 Å². The lowest BCUT2D eigenvalue weighted by Gasteiger charge is -2.34. The molecule has 218 valence electrons. The highest BCUT2D eigenvalue weighted by Gasteiger charge is 2.30. The minimum absolute atomic E-state index is 0.00924. The summed E-state index contributed by atoms with van der Waals surface area (Å²) in [6.07, 6.45) is 1.93. The molecule has 0 N–H and O–H groups in total. The number of hydrogen-bond acceptors (Lipinski definition) is 8. The van der Waals surface area contributed by atoms with Gasteiger partial charge < -0.3 is 4.40 Å². The van der Waals surface area contributed by atoms with E-state index in [0.717, 1.165) is 28.2 Å². The van der Waals surface area contributed by atoms with E-state index >= 15 is 0 Å². The van der Waals surface area contributed by atoms with Crippen molar-refractivity contribution >= 4 is 27.0 Å². The van der Waals surface area contributed by atoms with E-state index in [0.29, 0.717) is 25.2 Å². The van der Waals surface area contributed by atoms with E-state index in [9.17, 15) is 28.6 Å². The second-order valence-electron chi connectivity index (χ2n) is 10.2. The summed E-state index contributed by atoms with van der Waals surface area (Å²) in [6, 6.07) is 25.0. The largest absolute Gasteiger partial charge is 0.301 e. The molecule has 13 heteroatoms. The molecule has 0 saturated carbocycles. The van der Waals surface area contributed by atoms with Crippen LogP contribution < -0.4 is 0 Å². The molecule has 1 aliphatic heterocycles. The molecule has 43 heavy (non-hydrogen) atoms. The molecule has 3 heterocycles. The van der Waals surface area contributed by atoms with Crippen LogP contribution in [0.15, 0.2) is 102 Å². The molecular formula is C30H26N6O6S. The Hall–Kier alpha value is -4.98. The summed E-state index contributed by atoms with van der Waals surface area (Å²) < 4.78 is 29.8. The van der Waals surface area contributed by atoms with Gasteiger partial charge in [0.2, 0.25) is 10.0 Å². The maximum Gasteiger partial charge on any atom is 0.270 e. The van der Waals surface area contributed by atoms with Gasteiger partial charge in [-0.05, 0) is 35.4 Å². The molecule has 0 bridgehead atoms. The van der Waals surface area contributed by atoms with Gasteiger partial charge in [-0.3, -0.25) is 25.1 Å². The number of imidazole rings is 1. The molecular weight excluding hydrogens is 572 g/mol. The number of nitro benzene ring substituents is 2. The molecule has 5 aromatic rings. The Morgan fingerprint density at radius 3 is 2.07 bits per heavy atom. The molecule has 0 amide bonds. The van der Waals surface area contributed by atoms with Gasteiger partial charge in [0.15, 0.2) is 0 Å². The summed E-state index contributed by atoms with van der Waals surface area (Å²) in [6.45, 7) is 1.96. The predicted octanol–water partition coefficient (Wildman–Crippen LogP) is 4.99. The molecule has 0 spiro atoms. The zero-order chi connectivity index (χ0) is 30.1. The Balaban J connectivity index is 1.29. The lowest BCUT2D eigenvalue weighted by atomic mass is 10.1. The van der Waals surface area contributed by atoms with Gasteiger partial charge in [-0.15, -0.1) is 0 Å². The summed E-state index contributed by atoms with van der Waals surface area (Å²) in [5, 5.41) is 22.3. The average molecular weight is 599 g/mol. The van der Waals surface area contributed by atoms with Gasteiger partial charge >= 0.3 is 0 Å². The predicted molar refractivity (Wildman–Crippen MR) is 160 cm³/mol. The average Bonchev–Trinajstić information content (AvgIpc) is 3.39. The molecule has 0 aliphatic carbocycles. The van der Waals surface area contributed by atoms with Gasteiger partial charge in [-0.2, -0.15) is 4.31 Å². The first kappa shape index (κ1) is 28.2. The van der Waals surface area contributed by atoms with Crippen LogP contribution in [0.25, 0.3) is 28.0 Å². The van der Waals surface area contributed by atoms with Crippen LogP contribution in [0.1, 0.15) is 5.69 Å². The fraction of sp³-hybridized carbons (Fsp3) is 0.167. The molecule has 6 rings (SSSR count). The molecule has 0 atom stereocenters. The van der Waals surface area contributed by atoms with Gasteiger partial charge in [0.25, 0.3) is 11.4 Å². The fourth-order valence-corrected chi connectivity index (χ4v) is 6.69. The Morgan fingerprint density at radius 1 is 0.721 bits per heavy atom. The van der Waals surface area contributed by atoms with Crippen molar-refractivity contribution in [2.24, 2.45) is 0 Å². The van der Waals surface area contributed by atoms with Crippen molar-refractivity contribution in [2.75, 3.05) is 26.2 Å². The van der Waals surface area contributed by atoms with Crippen molar-refractivity contribution < 1.29 is 18.3 Å². The first-order valence-corrected chi connectivity index (χ1v) is 14.9. The van der Waals surface area contributed by atoms with Crippen LogP contribution in [-0.4, -0.2) is 63.0 Å². The first-order chi connectivity index (χ1) is 20.7. The number of nitro groups is 2. The highest BCUT2D eigenvalue weighted by atomic mass is 32.2. The van der Waals surface area contributed by atoms with Crippen molar-refractivity contribution in [3.63, 3.8) is 0 Å². The number of sulfonamides is 1. The number of pyridine rings is 1. The van der Waals surface area contributed by atoms with E-state index in [1.807, 2.05) is 59.1 Å². The Bertz CT molecular complexity index is 1940. The number of fused-ring (bicyclic) bond motifs is 1.